The van der Waals surface area contributed by atoms with Crippen LogP contribution in [0.4, 0.5) is 5.69 Å². The van der Waals surface area contributed by atoms with Gasteiger partial charge in [0.1, 0.15) is 0 Å². The highest BCUT2D eigenvalue weighted by Crippen LogP contribution is 2.20. The van der Waals surface area contributed by atoms with E-state index in [1.54, 1.807) is 18.3 Å². The lowest BCUT2D eigenvalue weighted by Gasteiger charge is -2.08. The SMILES string of the molecule is NCC(=O)NCC(=O)Nc1cccc2ncccc12. The number of anilines is 1. The molecular weight excluding hydrogens is 244 g/mol. The molecule has 2 rings (SSSR count). The average molecular weight is 258 g/mol. The summed E-state index contributed by atoms with van der Waals surface area (Å²) >= 11 is 0. The highest BCUT2D eigenvalue weighted by atomic mass is 16.2. The predicted molar refractivity (Wildman–Crippen MR) is 72.4 cm³/mol. The fourth-order valence-corrected chi connectivity index (χ4v) is 1.66. The summed E-state index contributed by atoms with van der Waals surface area (Å²) in [6.45, 7) is -0.238. The first-order chi connectivity index (χ1) is 9.20. The maximum atomic E-state index is 11.7. The maximum Gasteiger partial charge on any atom is 0.243 e. The van der Waals surface area contributed by atoms with E-state index in [1.807, 2.05) is 18.2 Å². The van der Waals surface area contributed by atoms with Crippen LogP contribution in [0, 0.1) is 0 Å². The Bertz CT molecular complexity index is 607. The molecule has 0 spiro atoms. The smallest absolute Gasteiger partial charge is 0.243 e. The van der Waals surface area contributed by atoms with Crippen molar-refractivity contribution in [1.29, 1.82) is 0 Å². The van der Waals surface area contributed by atoms with Crippen LogP contribution in [0.3, 0.4) is 0 Å². The fraction of sp³-hybridized carbons (Fsp3) is 0.154. The van der Waals surface area contributed by atoms with Crippen molar-refractivity contribution < 1.29 is 9.59 Å². The average Bonchev–Trinajstić information content (AvgIpc) is 2.45. The van der Waals surface area contributed by atoms with Crippen LogP contribution in [-0.4, -0.2) is 29.9 Å². The minimum atomic E-state index is -0.366. The highest BCUT2D eigenvalue weighted by molar-refractivity contribution is 6.02. The minimum absolute atomic E-state index is 0.104. The monoisotopic (exact) mass is 258 g/mol. The Morgan fingerprint density at radius 3 is 2.79 bits per heavy atom. The molecule has 98 valence electrons. The van der Waals surface area contributed by atoms with Gasteiger partial charge in [0.25, 0.3) is 0 Å². The van der Waals surface area contributed by atoms with Crippen molar-refractivity contribution in [3.63, 3.8) is 0 Å². The molecule has 0 atom stereocenters. The van der Waals surface area contributed by atoms with Crippen molar-refractivity contribution in [3.05, 3.63) is 36.5 Å². The Morgan fingerprint density at radius 1 is 1.16 bits per heavy atom. The molecule has 6 nitrogen and oxygen atoms in total. The van der Waals surface area contributed by atoms with Gasteiger partial charge in [-0.05, 0) is 24.3 Å². The van der Waals surface area contributed by atoms with Gasteiger partial charge >= 0.3 is 0 Å². The number of carbonyl (C=O) groups excluding carboxylic acids is 2. The third-order valence-corrected chi connectivity index (χ3v) is 2.55. The van der Waals surface area contributed by atoms with E-state index in [2.05, 4.69) is 15.6 Å². The number of carbonyl (C=O) groups is 2. The number of benzene rings is 1. The van der Waals surface area contributed by atoms with Crippen molar-refractivity contribution in [2.45, 2.75) is 0 Å². The largest absolute Gasteiger partial charge is 0.346 e. The second kappa shape index (κ2) is 5.92. The lowest BCUT2D eigenvalue weighted by Crippen LogP contribution is -2.36. The van der Waals surface area contributed by atoms with E-state index < -0.39 is 0 Å². The number of hydrogen-bond acceptors (Lipinski definition) is 4. The third-order valence-electron chi connectivity index (χ3n) is 2.55. The van der Waals surface area contributed by atoms with Gasteiger partial charge in [-0.25, -0.2) is 0 Å². The molecule has 1 aromatic carbocycles. The van der Waals surface area contributed by atoms with Crippen molar-refractivity contribution >= 4 is 28.4 Å². The molecule has 2 aromatic rings. The van der Waals surface area contributed by atoms with Crippen LogP contribution in [0.15, 0.2) is 36.5 Å². The van der Waals surface area contributed by atoms with E-state index in [1.165, 1.54) is 0 Å². The van der Waals surface area contributed by atoms with Gasteiger partial charge < -0.3 is 16.4 Å². The quantitative estimate of drug-likeness (QED) is 0.732. The van der Waals surface area contributed by atoms with Gasteiger partial charge in [0.05, 0.1) is 24.3 Å². The number of fused-ring (bicyclic) bond motifs is 1. The Hall–Kier alpha value is -2.47. The second-order valence-corrected chi connectivity index (χ2v) is 3.90. The van der Waals surface area contributed by atoms with Crippen LogP contribution in [0.25, 0.3) is 10.9 Å². The first kappa shape index (κ1) is 13.0. The lowest BCUT2D eigenvalue weighted by atomic mass is 10.2. The molecule has 0 aliphatic carbocycles. The molecule has 0 fully saturated rings. The molecule has 2 amide bonds. The van der Waals surface area contributed by atoms with Crippen LogP contribution in [0.5, 0.6) is 0 Å². The Balaban J connectivity index is 2.09. The third kappa shape index (κ3) is 3.26. The van der Waals surface area contributed by atoms with Crippen LogP contribution in [0.2, 0.25) is 0 Å². The summed E-state index contributed by atoms with van der Waals surface area (Å²) < 4.78 is 0. The molecule has 19 heavy (non-hydrogen) atoms. The maximum absolute atomic E-state index is 11.7. The number of nitrogens with one attached hydrogen (secondary N) is 2. The summed E-state index contributed by atoms with van der Waals surface area (Å²) in [5.41, 5.74) is 6.60. The molecule has 0 aliphatic heterocycles. The normalized spacial score (nSPS) is 10.2. The predicted octanol–water partition coefficient (Wildman–Crippen LogP) is 0.248. The van der Waals surface area contributed by atoms with Crippen LogP contribution in [-0.2, 0) is 9.59 Å². The van der Waals surface area contributed by atoms with E-state index in [4.69, 9.17) is 5.73 Å². The van der Waals surface area contributed by atoms with E-state index in [-0.39, 0.29) is 24.9 Å². The van der Waals surface area contributed by atoms with E-state index in [9.17, 15) is 9.59 Å². The summed E-state index contributed by atoms with van der Waals surface area (Å²) in [5, 5.41) is 5.99. The summed E-state index contributed by atoms with van der Waals surface area (Å²) in [6, 6.07) is 9.13. The van der Waals surface area contributed by atoms with Crippen molar-refractivity contribution in [2.24, 2.45) is 5.73 Å². The second-order valence-electron chi connectivity index (χ2n) is 3.90. The van der Waals surface area contributed by atoms with Gasteiger partial charge in [-0.15, -0.1) is 0 Å². The number of nitrogens with zero attached hydrogens (tertiary/aromatic N) is 1. The van der Waals surface area contributed by atoms with Gasteiger partial charge in [-0.1, -0.05) is 6.07 Å². The Morgan fingerprint density at radius 2 is 2.00 bits per heavy atom. The zero-order chi connectivity index (χ0) is 13.7. The molecule has 1 heterocycles. The molecule has 0 saturated carbocycles. The van der Waals surface area contributed by atoms with Gasteiger partial charge in [-0.2, -0.15) is 0 Å². The number of pyridine rings is 1. The zero-order valence-electron chi connectivity index (χ0n) is 10.2. The zero-order valence-corrected chi connectivity index (χ0v) is 10.2. The molecular formula is C13H14N4O2. The Labute approximate surface area is 110 Å². The highest BCUT2D eigenvalue weighted by Gasteiger charge is 2.07. The molecule has 6 heteroatoms. The summed E-state index contributed by atoms with van der Waals surface area (Å²) in [7, 11) is 0. The van der Waals surface area contributed by atoms with Gasteiger partial charge in [0.15, 0.2) is 0 Å². The summed E-state index contributed by atoms with van der Waals surface area (Å²) in [5.74, 6) is -0.673. The number of aromatic nitrogens is 1. The van der Waals surface area contributed by atoms with Crippen LogP contribution in [0.1, 0.15) is 0 Å². The van der Waals surface area contributed by atoms with Gasteiger partial charge in [0.2, 0.25) is 11.8 Å². The number of rotatable bonds is 4. The van der Waals surface area contributed by atoms with Gasteiger partial charge in [0, 0.05) is 11.6 Å². The lowest BCUT2D eigenvalue weighted by molar-refractivity contribution is -0.123. The van der Waals surface area contributed by atoms with Crippen molar-refractivity contribution in [3.8, 4) is 0 Å². The first-order valence-corrected chi connectivity index (χ1v) is 5.81. The van der Waals surface area contributed by atoms with E-state index >= 15 is 0 Å². The van der Waals surface area contributed by atoms with Crippen molar-refractivity contribution in [1.82, 2.24) is 10.3 Å². The standard InChI is InChI=1S/C13H14N4O2/c14-7-12(18)16-8-13(19)17-11-5-1-4-10-9(11)3-2-6-15-10/h1-6H,7-8,14H2,(H,16,18)(H,17,19). The van der Waals surface area contributed by atoms with Gasteiger partial charge in [-0.3, -0.25) is 14.6 Å². The number of nitrogens with two attached hydrogens (primary N) is 1. The molecule has 0 saturated heterocycles. The molecule has 0 aliphatic rings. The molecule has 0 bridgehead atoms. The summed E-state index contributed by atoms with van der Waals surface area (Å²) in [4.78, 5) is 26.8. The van der Waals surface area contributed by atoms with E-state index in [0.29, 0.717) is 5.69 Å². The first-order valence-electron chi connectivity index (χ1n) is 5.81. The van der Waals surface area contributed by atoms with Crippen molar-refractivity contribution in [2.75, 3.05) is 18.4 Å². The Kier molecular flexibility index (Phi) is 4.04. The fourth-order valence-electron chi connectivity index (χ4n) is 1.66. The molecule has 4 N–H and O–H groups in total. The number of amides is 2. The van der Waals surface area contributed by atoms with Crippen LogP contribution >= 0.6 is 0 Å². The summed E-state index contributed by atoms with van der Waals surface area (Å²) in [6.07, 6.45) is 1.69. The minimum Gasteiger partial charge on any atom is -0.346 e. The van der Waals surface area contributed by atoms with E-state index in [0.717, 1.165) is 10.9 Å². The molecule has 0 radical (unpaired) electrons. The molecule has 1 aromatic heterocycles. The number of hydrogen-bond donors (Lipinski definition) is 3. The van der Waals surface area contributed by atoms with Crippen LogP contribution < -0.4 is 16.4 Å². The molecule has 0 unspecified atom stereocenters. The topological polar surface area (TPSA) is 97.1 Å².